The number of ether oxygens (including phenoxy) is 1. The monoisotopic (exact) mass is 298 g/mol. The van der Waals surface area contributed by atoms with Crippen LogP contribution in [0.5, 0.6) is 0 Å². The molecule has 1 aliphatic heterocycles. The van der Waals surface area contributed by atoms with E-state index in [0.29, 0.717) is 13.2 Å². The highest BCUT2D eigenvalue weighted by molar-refractivity contribution is 5.96. The second-order valence-corrected chi connectivity index (χ2v) is 4.75. The second kappa shape index (κ2) is 7.12. The summed E-state index contributed by atoms with van der Waals surface area (Å²) in [5, 5.41) is 4.98. The number of amides is 2. The fourth-order valence-corrected chi connectivity index (χ4v) is 2.00. The first-order chi connectivity index (χ1) is 10.1. The first-order valence-electron chi connectivity index (χ1n) is 6.68. The molecule has 2 amide bonds. The van der Waals surface area contributed by atoms with E-state index in [1.807, 2.05) is 0 Å². The Hall–Kier alpha value is -2.02. The molecule has 0 radical (unpaired) electrons. The summed E-state index contributed by atoms with van der Waals surface area (Å²) in [4.78, 5) is 23.2. The lowest BCUT2D eigenvalue weighted by Gasteiger charge is -2.11. The third-order valence-corrected chi connectivity index (χ3v) is 3.14. The topological polar surface area (TPSA) is 67.4 Å². The average Bonchev–Trinajstić information content (AvgIpc) is 2.98. The van der Waals surface area contributed by atoms with Crippen LogP contribution in [0, 0.1) is 11.6 Å². The van der Waals surface area contributed by atoms with E-state index in [2.05, 4.69) is 10.6 Å². The first kappa shape index (κ1) is 15.4. The minimum Gasteiger partial charge on any atom is -0.376 e. The predicted octanol–water partition coefficient (Wildman–Crippen LogP) is 0.990. The van der Waals surface area contributed by atoms with Crippen molar-refractivity contribution in [2.24, 2.45) is 0 Å². The zero-order valence-electron chi connectivity index (χ0n) is 11.3. The van der Waals surface area contributed by atoms with Crippen LogP contribution in [-0.4, -0.2) is 37.6 Å². The van der Waals surface area contributed by atoms with Crippen molar-refractivity contribution >= 4 is 11.8 Å². The van der Waals surface area contributed by atoms with Gasteiger partial charge in [0.05, 0.1) is 12.6 Å². The molecule has 2 rings (SSSR count). The van der Waals surface area contributed by atoms with Crippen LogP contribution in [0.1, 0.15) is 23.2 Å². The largest absolute Gasteiger partial charge is 0.376 e. The molecule has 0 saturated carbocycles. The molecule has 1 aromatic rings. The lowest BCUT2D eigenvalue weighted by molar-refractivity contribution is -0.120. The minimum atomic E-state index is -1.11. The summed E-state index contributed by atoms with van der Waals surface area (Å²) in [5.74, 6) is -3.13. The Morgan fingerprint density at radius 2 is 2.05 bits per heavy atom. The number of hydrogen-bond donors (Lipinski definition) is 2. The van der Waals surface area contributed by atoms with Crippen LogP contribution >= 0.6 is 0 Å². The van der Waals surface area contributed by atoms with Gasteiger partial charge in [0.25, 0.3) is 5.91 Å². The van der Waals surface area contributed by atoms with Crippen LogP contribution in [0.25, 0.3) is 0 Å². The molecule has 1 aromatic carbocycles. The summed E-state index contributed by atoms with van der Waals surface area (Å²) in [6, 6.07) is 2.80. The normalized spacial score (nSPS) is 17.5. The minimum absolute atomic E-state index is 0.0239. The maximum Gasteiger partial charge on any atom is 0.251 e. The van der Waals surface area contributed by atoms with Crippen LogP contribution in [-0.2, 0) is 9.53 Å². The summed E-state index contributed by atoms with van der Waals surface area (Å²) >= 11 is 0. The van der Waals surface area contributed by atoms with E-state index in [-0.39, 0.29) is 24.1 Å². The van der Waals surface area contributed by atoms with E-state index in [1.165, 1.54) is 0 Å². The van der Waals surface area contributed by atoms with Gasteiger partial charge in [0.15, 0.2) is 11.6 Å². The van der Waals surface area contributed by atoms with E-state index >= 15 is 0 Å². The van der Waals surface area contributed by atoms with Crippen LogP contribution in [0.2, 0.25) is 0 Å². The van der Waals surface area contributed by atoms with Crippen LogP contribution < -0.4 is 10.6 Å². The molecule has 0 spiro atoms. The molecule has 5 nitrogen and oxygen atoms in total. The van der Waals surface area contributed by atoms with Gasteiger partial charge < -0.3 is 15.4 Å². The van der Waals surface area contributed by atoms with Crippen molar-refractivity contribution < 1.29 is 23.1 Å². The summed E-state index contributed by atoms with van der Waals surface area (Å²) in [6.07, 6.45) is 1.91. The van der Waals surface area contributed by atoms with Crippen molar-refractivity contribution in [2.75, 3.05) is 19.7 Å². The number of hydrogen-bond acceptors (Lipinski definition) is 3. The van der Waals surface area contributed by atoms with Crippen molar-refractivity contribution in [3.05, 3.63) is 35.4 Å². The third-order valence-electron chi connectivity index (χ3n) is 3.14. The summed E-state index contributed by atoms with van der Waals surface area (Å²) in [7, 11) is 0. The average molecular weight is 298 g/mol. The van der Waals surface area contributed by atoms with Gasteiger partial charge in [-0.2, -0.15) is 0 Å². The van der Waals surface area contributed by atoms with Crippen molar-refractivity contribution in [3.63, 3.8) is 0 Å². The standard InChI is InChI=1S/C14H16F2N2O3/c15-11-4-3-9(6-12(11)16)14(20)18-8-13(19)17-7-10-2-1-5-21-10/h3-4,6,10H,1-2,5,7-8H2,(H,17,19)(H,18,20). The maximum absolute atomic E-state index is 13.0. The number of carbonyl (C=O) groups excluding carboxylic acids is 2. The van der Waals surface area contributed by atoms with Gasteiger partial charge in [-0.15, -0.1) is 0 Å². The van der Waals surface area contributed by atoms with Crippen molar-refractivity contribution in [1.82, 2.24) is 10.6 Å². The molecular formula is C14H16F2N2O3. The highest BCUT2D eigenvalue weighted by Crippen LogP contribution is 2.10. The van der Waals surface area contributed by atoms with E-state index < -0.39 is 17.5 Å². The van der Waals surface area contributed by atoms with Gasteiger partial charge in [-0.25, -0.2) is 8.78 Å². The van der Waals surface area contributed by atoms with E-state index in [0.717, 1.165) is 31.0 Å². The molecule has 1 unspecified atom stereocenters. The van der Waals surface area contributed by atoms with Crippen molar-refractivity contribution in [2.45, 2.75) is 18.9 Å². The Morgan fingerprint density at radius 3 is 2.71 bits per heavy atom. The quantitative estimate of drug-likeness (QED) is 0.852. The van der Waals surface area contributed by atoms with E-state index in [1.54, 1.807) is 0 Å². The number of halogens is 2. The summed E-state index contributed by atoms with van der Waals surface area (Å²) in [5.41, 5.74) is -0.0409. The summed E-state index contributed by atoms with van der Waals surface area (Å²) in [6.45, 7) is 0.873. The molecule has 0 aromatic heterocycles. The van der Waals surface area contributed by atoms with Crippen LogP contribution in [0.4, 0.5) is 8.78 Å². The van der Waals surface area contributed by atoms with Gasteiger partial charge in [-0.05, 0) is 31.0 Å². The smallest absolute Gasteiger partial charge is 0.251 e. The fraction of sp³-hybridized carbons (Fsp3) is 0.429. The van der Waals surface area contributed by atoms with E-state index in [9.17, 15) is 18.4 Å². The Bertz CT molecular complexity index is 531. The number of carbonyl (C=O) groups is 2. The van der Waals surface area contributed by atoms with Gasteiger partial charge in [-0.1, -0.05) is 0 Å². The zero-order chi connectivity index (χ0) is 15.2. The highest BCUT2D eigenvalue weighted by Gasteiger charge is 2.16. The Balaban J connectivity index is 1.74. The molecule has 2 N–H and O–H groups in total. The molecule has 1 aliphatic rings. The number of benzene rings is 1. The number of rotatable bonds is 5. The van der Waals surface area contributed by atoms with Gasteiger partial charge >= 0.3 is 0 Å². The lowest BCUT2D eigenvalue weighted by atomic mass is 10.2. The van der Waals surface area contributed by atoms with Gasteiger partial charge in [0.2, 0.25) is 5.91 Å². The van der Waals surface area contributed by atoms with E-state index in [4.69, 9.17) is 4.74 Å². The molecular weight excluding hydrogens is 282 g/mol. The molecule has 1 fully saturated rings. The molecule has 21 heavy (non-hydrogen) atoms. The SMILES string of the molecule is O=C(CNC(=O)c1ccc(F)c(F)c1)NCC1CCCO1. The fourth-order valence-electron chi connectivity index (χ4n) is 2.00. The van der Waals surface area contributed by atoms with Gasteiger partial charge in [0, 0.05) is 18.7 Å². The Kier molecular flexibility index (Phi) is 5.21. The molecule has 7 heteroatoms. The van der Waals surface area contributed by atoms with Crippen LogP contribution in [0.3, 0.4) is 0 Å². The Morgan fingerprint density at radius 1 is 1.24 bits per heavy atom. The first-order valence-corrected chi connectivity index (χ1v) is 6.68. The molecule has 1 saturated heterocycles. The van der Waals surface area contributed by atoms with Gasteiger partial charge in [-0.3, -0.25) is 9.59 Å². The predicted molar refractivity (Wildman–Crippen MR) is 70.7 cm³/mol. The lowest BCUT2D eigenvalue weighted by Crippen LogP contribution is -2.39. The number of nitrogens with one attached hydrogen (secondary N) is 2. The zero-order valence-corrected chi connectivity index (χ0v) is 11.3. The van der Waals surface area contributed by atoms with Crippen molar-refractivity contribution in [3.8, 4) is 0 Å². The molecule has 114 valence electrons. The van der Waals surface area contributed by atoms with Gasteiger partial charge in [0.1, 0.15) is 0 Å². The van der Waals surface area contributed by atoms with Crippen LogP contribution in [0.15, 0.2) is 18.2 Å². The maximum atomic E-state index is 13.0. The second-order valence-electron chi connectivity index (χ2n) is 4.75. The molecule has 1 atom stereocenters. The molecule has 1 heterocycles. The highest BCUT2D eigenvalue weighted by atomic mass is 19.2. The molecule has 0 bridgehead atoms. The third kappa shape index (κ3) is 4.49. The summed E-state index contributed by atoms with van der Waals surface area (Å²) < 4.78 is 31.1. The van der Waals surface area contributed by atoms with Crippen molar-refractivity contribution in [1.29, 1.82) is 0 Å². The Labute approximate surface area is 120 Å². The molecule has 0 aliphatic carbocycles.